The normalized spacial score (nSPS) is 25.6. The second kappa shape index (κ2) is 6.23. The van der Waals surface area contributed by atoms with E-state index >= 15 is 0 Å². The number of carbonyl (C=O) groups is 1. The molecule has 4 nitrogen and oxygen atoms in total. The molecule has 1 fully saturated rings. The lowest BCUT2D eigenvalue weighted by Gasteiger charge is -2.33. The molecule has 0 aromatic carbocycles. The standard InChI is InChI=1S/C15H31N3O/c1-14(2,3)12-7-6-9-18(10-8-12)11-15(4,17-5)13(16)19/h12,17H,6-11H2,1-5H3,(H2,16,19). The van der Waals surface area contributed by atoms with E-state index in [1.54, 1.807) is 7.05 Å². The third kappa shape index (κ3) is 4.46. The van der Waals surface area contributed by atoms with Crippen LogP contribution in [0.4, 0.5) is 0 Å². The Morgan fingerprint density at radius 2 is 1.89 bits per heavy atom. The summed E-state index contributed by atoms with van der Waals surface area (Å²) in [7, 11) is 1.81. The first-order valence-corrected chi connectivity index (χ1v) is 7.40. The maximum absolute atomic E-state index is 11.6. The molecule has 2 atom stereocenters. The summed E-state index contributed by atoms with van der Waals surface area (Å²) in [5.74, 6) is 0.499. The van der Waals surface area contributed by atoms with Gasteiger partial charge in [-0.3, -0.25) is 4.79 Å². The van der Waals surface area contributed by atoms with E-state index in [4.69, 9.17) is 5.73 Å². The van der Waals surface area contributed by atoms with Crippen LogP contribution in [0.15, 0.2) is 0 Å². The zero-order valence-corrected chi connectivity index (χ0v) is 13.3. The first-order valence-electron chi connectivity index (χ1n) is 7.40. The van der Waals surface area contributed by atoms with Crippen molar-refractivity contribution in [3.05, 3.63) is 0 Å². The van der Waals surface area contributed by atoms with Crippen LogP contribution < -0.4 is 11.1 Å². The molecule has 4 heteroatoms. The van der Waals surface area contributed by atoms with Crippen molar-refractivity contribution >= 4 is 5.91 Å². The number of hydrogen-bond acceptors (Lipinski definition) is 3. The highest BCUT2D eigenvalue weighted by atomic mass is 16.1. The van der Waals surface area contributed by atoms with Gasteiger partial charge in [-0.05, 0) is 57.7 Å². The number of nitrogens with one attached hydrogen (secondary N) is 1. The van der Waals surface area contributed by atoms with Crippen molar-refractivity contribution in [1.29, 1.82) is 0 Å². The molecular formula is C15H31N3O. The van der Waals surface area contributed by atoms with Crippen LogP contribution in [-0.4, -0.2) is 43.0 Å². The Bertz CT molecular complexity index is 311. The number of likely N-dealkylation sites (tertiary alicyclic amines) is 1. The van der Waals surface area contributed by atoms with Gasteiger partial charge in [0.25, 0.3) is 0 Å². The molecular weight excluding hydrogens is 238 g/mol. The predicted molar refractivity (Wildman–Crippen MR) is 79.9 cm³/mol. The minimum Gasteiger partial charge on any atom is -0.368 e. The number of nitrogens with two attached hydrogens (primary N) is 1. The van der Waals surface area contributed by atoms with Gasteiger partial charge in [-0.15, -0.1) is 0 Å². The number of primary amides is 1. The highest BCUT2D eigenvalue weighted by molar-refractivity contribution is 5.84. The fraction of sp³-hybridized carbons (Fsp3) is 0.933. The molecule has 0 saturated carbocycles. The van der Waals surface area contributed by atoms with Crippen molar-refractivity contribution in [1.82, 2.24) is 10.2 Å². The predicted octanol–water partition coefficient (Wildman–Crippen LogP) is 1.60. The van der Waals surface area contributed by atoms with E-state index in [1.807, 2.05) is 6.92 Å². The van der Waals surface area contributed by atoms with Crippen LogP contribution in [0.1, 0.15) is 47.0 Å². The maximum Gasteiger partial charge on any atom is 0.238 e. The van der Waals surface area contributed by atoms with Crippen LogP contribution in [0, 0.1) is 11.3 Å². The molecule has 19 heavy (non-hydrogen) atoms. The van der Waals surface area contributed by atoms with Crippen LogP contribution in [0.5, 0.6) is 0 Å². The average molecular weight is 269 g/mol. The molecule has 0 aromatic heterocycles. The quantitative estimate of drug-likeness (QED) is 0.815. The molecule has 0 radical (unpaired) electrons. The fourth-order valence-electron chi connectivity index (χ4n) is 2.91. The van der Waals surface area contributed by atoms with Crippen LogP contribution in [0.3, 0.4) is 0 Å². The number of likely N-dealkylation sites (N-methyl/N-ethyl adjacent to an activating group) is 1. The first kappa shape index (κ1) is 16.4. The number of hydrogen-bond donors (Lipinski definition) is 2. The molecule has 1 rings (SSSR count). The van der Waals surface area contributed by atoms with Gasteiger partial charge in [-0.2, -0.15) is 0 Å². The topological polar surface area (TPSA) is 58.4 Å². The average Bonchev–Trinajstić information content (AvgIpc) is 2.53. The van der Waals surface area contributed by atoms with Gasteiger partial charge in [0.2, 0.25) is 5.91 Å². The lowest BCUT2D eigenvalue weighted by atomic mass is 9.77. The van der Waals surface area contributed by atoms with Crippen molar-refractivity contribution in [2.75, 3.05) is 26.7 Å². The van der Waals surface area contributed by atoms with Crippen molar-refractivity contribution < 1.29 is 4.79 Å². The van der Waals surface area contributed by atoms with Crippen LogP contribution >= 0.6 is 0 Å². The van der Waals surface area contributed by atoms with Crippen LogP contribution in [0.2, 0.25) is 0 Å². The molecule has 2 unspecified atom stereocenters. The van der Waals surface area contributed by atoms with E-state index in [0.29, 0.717) is 12.0 Å². The van der Waals surface area contributed by atoms with Gasteiger partial charge in [0.05, 0.1) is 0 Å². The molecule has 3 N–H and O–H groups in total. The highest BCUT2D eigenvalue weighted by Crippen LogP contribution is 2.34. The van der Waals surface area contributed by atoms with Gasteiger partial charge in [0.1, 0.15) is 5.54 Å². The zero-order valence-electron chi connectivity index (χ0n) is 13.3. The van der Waals surface area contributed by atoms with Gasteiger partial charge in [-0.1, -0.05) is 20.8 Å². The van der Waals surface area contributed by atoms with Crippen LogP contribution in [-0.2, 0) is 4.79 Å². The minimum absolute atomic E-state index is 0.272. The highest BCUT2D eigenvalue weighted by Gasteiger charge is 2.33. The zero-order chi connectivity index (χ0) is 14.7. The van der Waals surface area contributed by atoms with Gasteiger partial charge in [0, 0.05) is 6.54 Å². The number of nitrogens with zero attached hydrogens (tertiary/aromatic N) is 1. The van der Waals surface area contributed by atoms with E-state index in [0.717, 1.165) is 19.0 Å². The largest absolute Gasteiger partial charge is 0.368 e. The Morgan fingerprint density at radius 1 is 1.26 bits per heavy atom. The van der Waals surface area contributed by atoms with E-state index in [-0.39, 0.29) is 5.91 Å². The SMILES string of the molecule is CNC(C)(CN1CCCC(C(C)(C)C)CC1)C(N)=O. The molecule has 1 saturated heterocycles. The van der Waals surface area contributed by atoms with Gasteiger partial charge >= 0.3 is 0 Å². The van der Waals surface area contributed by atoms with E-state index in [2.05, 4.69) is 31.0 Å². The minimum atomic E-state index is -0.623. The summed E-state index contributed by atoms with van der Waals surface area (Å²) in [5.41, 5.74) is 5.26. The van der Waals surface area contributed by atoms with Gasteiger partial charge in [-0.25, -0.2) is 0 Å². The Hall–Kier alpha value is -0.610. The summed E-state index contributed by atoms with van der Waals surface area (Å²) >= 11 is 0. The monoisotopic (exact) mass is 269 g/mol. The van der Waals surface area contributed by atoms with Crippen molar-refractivity contribution in [3.8, 4) is 0 Å². The summed E-state index contributed by atoms with van der Waals surface area (Å²) in [6.07, 6.45) is 3.70. The molecule has 1 heterocycles. The van der Waals surface area contributed by atoms with E-state index < -0.39 is 5.54 Å². The number of carbonyl (C=O) groups excluding carboxylic acids is 1. The number of rotatable bonds is 4. The lowest BCUT2D eigenvalue weighted by molar-refractivity contribution is -0.124. The Morgan fingerprint density at radius 3 is 2.37 bits per heavy atom. The van der Waals surface area contributed by atoms with Gasteiger partial charge < -0.3 is 16.0 Å². The molecule has 1 aliphatic heterocycles. The molecule has 1 aliphatic rings. The Labute approximate surface area is 118 Å². The smallest absolute Gasteiger partial charge is 0.238 e. The summed E-state index contributed by atoms with van der Waals surface area (Å²) in [4.78, 5) is 14.0. The first-order chi connectivity index (χ1) is 8.69. The summed E-state index contributed by atoms with van der Waals surface area (Å²) < 4.78 is 0. The second-order valence-corrected chi connectivity index (χ2v) is 7.22. The van der Waals surface area contributed by atoms with Crippen molar-refractivity contribution in [2.24, 2.45) is 17.1 Å². The Kier molecular flexibility index (Phi) is 5.39. The number of amides is 1. The molecule has 0 aromatic rings. The van der Waals surface area contributed by atoms with Gasteiger partial charge in [0.15, 0.2) is 0 Å². The third-order valence-corrected chi connectivity index (χ3v) is 4.68. The molecule has 0 aliphatic carbocycles. The Balaban J connectivity index is 2.61. The van der Waals surface area contributed by atoms with Crippen molar-refractivity contribution in [2.45, 2.75) is 52.5 Å². The summed E-state index contributed by atoms with van der Waals surface area (Å²) in [5, 5.41) is 3.07. The van der Waals surface area contributed by atoms with E-state index in [1.165, 1.54) is 19.3 Å². The summed E-state index contributed by atoms with van der Waals surface area (Å²) in [6, 6.07) is 0. The fourth-order valence-corrected chi connectivity index (χ4v) is 2.91. The molecule has 1 amide bonds. The van der Waals surface area contributed by atoms with E-state index in [9.17, 15) is 4.79 Å². The van der Waals surface area contributed by atoms with Crippen molar-refractivity contribution in [3.63, 3.8) is 0 Å². The maximum atomic E-state index is 11.6. The van der Waals surface area contributed by atoms with Crippen LogP contribution in [0.25, 0.3) is 0 Å². The molecule has 112 valence electrons. The molecule has 0 bridgehead atoms. The third-order valence-electron chi connectivity index (χ3n) is 4.68. The lowest BCUT2D eigenvalue weighted by Crippen LogP contribution is -2.58. The second-order valence-electron chi connectivity index (χ2n) is 7.22. The summed E-state index contributed by atoms with van der Waals surface area (Å²) in [6.45, 7) is 11.7. The molecule has 0 spiro atoms.